The number of aryl methyl sites for hydroxylation is 1. The number of nitrogens with zero attached hydrogens (tertiary/aromatic N) is 1. The van der Waals surface area contributed by atoms with Crippen molar-refractivity contribution < 1.29 is 18.9 Å². The number of hydrogen-bond acceptors (Lipinski definition) is 5. The molecule has 7 nitrogen and oxygen atoms in total. The van der Waals surface area contributed by atoms with Gasteiger partial charge in [-0.3, -0.25) is 4.79 Å². The molecule has 3 heterocycles. The SMILES string of the molecule is COc1cc2c(cc1OC)-c1cc3c([nH]c4cc(OC)c(OC)cc43)c(=O)n1CC2. The zero-order valence-corrected chi connectivity index (χ0v) is 17.3. The summed E-state index contributed by atoms with van der Waals surface area (Å²) in [6, 6.07) is 9.77. The number of aromatic nitrogens is 2. The average Bonchev–Trinajstić information content (AvgIpc) is 3.14. The number of H-pyrrole nitrogens is 1. The average molecular weight is 406 g/mol. The van der Waals surface area contributed by atoms with E-state index in [1.54, 1.807) is 28.4 Å². The summed E-state index contributed by atoms with van der Waals surface area (Å²) in [6.07, 6.45) is 0.746. The summed E-state index contributed by atoms with van der Waals surface area (Å²) >= 11 is 0. The van der Waals surface area contributed by atoms with Gasteiger partial charge in [0.15, 0.2) is 23.0 Å². The van der Waals surface area contributed by atoms with Crippen LogP contribution in [-0.2, 0) is 13.0 Å². The molecule has 0 saturated carbocycles. The summed E-state index contributed by atoms with van der Waals surface area (Å²) in [5.41, 5.74) is 4.34. The van der Waals surface area contributed by atoms with Gasteiger partial charge in [-0.15, -0.1) is 0 Å². The van der Waals surface area contributed by atoms with Gasteiger partial charge in [-0.05, 0) is 36.2 Å². The number of nitrogens with one attached hydrogen (secondary N) is 1. The number of pyridine rings is 1. The van der Waals surface area contributed by atoms with Crippen molar-refractivity contribution in [3.05, 3.63) is 46.2 Å². The lowest BCUT2D eigenvalue weighted by Gasteiger charge is -2.23. The Morgan fingerprint density at radius 2 is 1.43 bits per heavy atom. The molecule has 1 aliphatic rings. The number of aromatic amines is 1. The van der Waals surface area contributed by atoms with E-state index in [1.807, 2.05) is 28.8 Å². The second-order valence-corrected chi connectivity index (χ2v) is 7.27. The molecule has 0 fully saturated rings. The van der Waals surface area contributed by atoms with Crippen LogP contribution in [0.4, 0.5) is 0 Å². The van der Waals surface area contributed by atoms with Gasteiger partial charge in [-0.25, -0.2) is 0 Å². The van der Waals surface area contributed by atoms with Crippen LogP contribution in [0.1, 0.15) is 5.56 Å². The van der Waals surface area contributed by atoms with Crippen LogP contribution >= 0.6 is 0 Å². The van der Waals surface area contributed by atoms with E-state index in [2.05, 4.69) is 11.1 Å². The summed E-state index contributed by atoms with van der Waals surface area (Å²) in [7, 11) is 6.44. The highest BCUT2D eigenvalue weighted by molar-refractivity contribution is 6.09. The lowest BCUT2D eigenvalue weighted by Crippen LogP contribution is -2.26. The van der Waals surface area contributed by atoms with Crippen LogP contribution in [0.15, 0.2) is 35.1 Å². The maximum absolute atomic E-state index is 13.4. The Balaban J connectivity index is 1.84. The largest absolute Gasteiger partial charge is 0.493 e. The molecular weight excluding hydrogens is 384 g/mol. The zero-order valence-electron chi connectivity index (χ0n) is 17.3. The van der Waals surface area contributed by atoms with E-state index < -0.39 is 0 Å². The van der Waals surface area contributed by atoms with Gasteiger partial charge in [0, 0.05) is 28.9 Å². The molecule has 154 valence electrons. The predicted molar refractivity (Wildman–Crippen MR) is 115 cm³/mol. The van der Waals surface area contributed by atoms with Gasteiger partial charge >= 0.3 is 0 Å². The molecule has 0 spiro atoms. The van der Waals surface area contributed by atoms with Crippen LogP contribution in [-0.4, -0.2) is 38.0 Å². The fourth-order valence-electron chi connectivity index (χ4n) is 4.36. The van der Waals surface area contributed by atoms with E-state index >= 15 is 0 Å². The van der Waals surface area contributed by atoms with Crippen LogP contribution < -0.4 is 24.5 Å². The second kappa shape index (κ2) is 6.73. The topological polar surface area (TPSA) is 74.7 Å². The van der Waals surface area contributed by atoms with Gasteiger partial charge in [-0.1, -0.05) is 0 Å². The van der Waals surface area contributed by atoms with Gasteiger partial charge in [0.1, 0.15) is 5.52 Å². The van der Waals surface area contributed by atoms with Crippen LogP contribution in [0.5, 0.6) is 23.0 Å². The van der Waals surface area contributed by atoms with Crippen molar-refractivity contribution in [2.75, 3.05) is 28.4 Å². The van der Waals surface area contributed by atoms with Crippen molar-refractivity contribution in [3.8, 4) is 34.3 Å². The highest BCUT2D eigenvalue weighted by Crippen LogP contribution is 2.40. The smallest absolute Gasteiger partial charge is 0.275 e. The Bertz CT molecular complexity index is 1370. The molecule has 0 bridgehead atoms. The van der Waals surface area contributed by atoms with E-state index in [0.29, 0.717) is 35.1 Å². The summed E-state index contributed by atoms with van der Waals surface area (Å²) in [5.74, 6) is 2.57. The minimum absolute atomic E-state index is 0.0444. The van der Waals surface area contributed by atoms with Gasteiger partial charge in [-0.2, -0.15) is 0 Å². The molecule has 0 aliphatic carbocycles. The molecule has 7 heteroatoms. The fraction of sp³-hybridized carbons (Fsp3) is 0.261. The first kappa shape index (κ1) is 18.4. The molecule has 0 amide bonds. The Morgan fingerprint density at radius 3 is 2.13 bits per heavy atom. The molecular formula is C23H22N2O5. The molecule has 0 radical (unpaired) electrons. The standard InChI is InChI=1S/C23H22N2O5/c1-27-18-7-12-5-6-25-17(13(12)9-19(18)28-2)8-15-14-10-20(29-3)21(30-4)11-16(14)24-22(15)23(25)26/h7-11,24H,5-6H2,1-4H3. The normalized spacial score (nSPS) is 12.5. The van der Waals surface area contributed by atoms with Crippen molar-refractivity contribution >= 4 is 21.8 Å². The first-order chi connectivity index (χ1) is 14.6. The zero-order chi connectivity index (χ0) is 21.0. The van der Waals surface area contributed by atoms with Crippen LogP contribution in [0.2, 0.25) is 0 Å². The minimum Gasteiger partial charge on any atom is -0.493 e. The van der Waals surface area contributed by atoms with Crippen molar-refractivity contribution in [2.24, 2.45) is 0 Å². The van der Waals surface area contributed by atoms with Crippen LogP contribution in [0, 0.1) is 0 Å². The number of methoxy groups -OCH3 is 4. The summed E-state index contributed by atoms with van der Waals surface area (Å²) in [6.45, 7) is 0.606. The summed E-state index contributed by atoms with van der Waals surface area (Å²) < 4.78 is 23.6. The van der Waals surface area contributed by atoms with E-state index in [0.717, 1.165) is 39.5 Å². The van der Waals surface area contributed by atoms with Gasteiger partial charge in [0.05, 0.1) is 39.6 Å². The number of benzene rings is 2. The van der Waals surface area contributed by atoms with Crippen molar-refractivity contribution in [3.63, 3.8) is 0 Å². The summed E-state index contributed by atoms with van der Waals surface area (Å²) in [4.78, 5) is 16.6. The lowest BCUT2D eigenvalue weighted by atomic mass is 9.95. The third kappa shape index (κ3) is 2.48. The molecule has 0 atom stereocenters. The molecule has 1 aliphatic heterocycles. The third-order valence-corrected chi connectivity index (χ3v) is 5.86. The van der Waals surface area contributed by atoms with E-state index in [4.69, 9.17) is 18.9 Å². The highest BCUT2D eigenvalue weighted by Gasteiger charge is 2.23. The molecule has 0 unspecified atom stereocenters. The van der Waals surface area contributed by atoms with Crippen LogP contribution in [0.3, 0.4) is 0 Å². The van der Waals surface area contributed by atoms with E-state index in [1.165, 1.54) is 0 Å². The lowest BCUT2D eigenvalue weighted by molar-refractivity contribution is 0.354. The molecule has 4 aromatic rings. The number of rotatable bonds is 4. The molecule has 2 aromatic carbocycles. The maximum atomic E-state index is 13.4. The molecule has 2 aromatic heterocycles. The van der Waals surface area contributed by atoms with E-state index in [9.17, 15) is 4.79 Å². The van der Waals surface area contributed by atoms with Crippen molar-refractivity contribution in [1.29, 1.82) is 0 Å². The Morgan fingerprint density at radius 1 is 0.800 bits per heavy atom. The van der Waals surface area contributed by atoms with Gasteiger partial charge in [0.25, 0.3) is 5.56 Å². The monoisotopic (exact) mass is 406 g/mol. The van der Waals surface area contributed by atoms with E-state index in [-0.39, 0.29) is 5.56 Å². The molecule has 0 saturated heterocycles. The minimum atomic E-state index is -0.0444. The predicted octanol–water partition coefficient (Wildman–Crippen LogP) is 3.74. The Hall–Kier alpha value is -3.61. The van der Waals surface area contributed by atoms with Gasteiger partial charge in [0.2, 0.25) is 0 Å². The number of hydrogen-bond donors (Lipinski definition) is 1. The maximum Gasteiger partial charge on any atom is 0.275 e. The van der Waals surface area contributed by atoms with Crippen molar-refractivity contribution in [2.45, 2.75) is 13.0 Å². The Kier molecular flexibility index (Phi) is 4.13. The quantitative estimate of drug-likeness (QED) is 0.559. The van der Waals surface area contributed by atoms with Crippen LogP contribution in [0.25, 0.3) is 33.1 Å². The molecule has 5 rings (SSSR count). The summed E-state index contributed by atoms with van der Waals surface area (Å²) in [5, 5.41) is 1.76. The molecule has 1 N–H and O–H groups in total. The first-order valence-corrected chi connectivity index (χ1v) is 9.66. The highest BCUT2D eigenvalue weighted by atomic mass is 16.5. The first-order valence-electron chi connectivity index (χ1n) is 9.66. The van der Waals surface area contributed by atoms with Crippen molar-refractivity contribution in [1.82, 2.24) is 9.55 Å². The molecule has 30 heavy (non-hydrogen) atoms. The second-order valence-electron chi connectivity index (χ2n) is 7.27. The number of ether oxygens (including phenoxy) is 4. The number of fused-ring (bicyclic) bond motifs is 6. The van der Waals surface area contributed by atoms with Gasteiger partial charge < -0.3 is 28.5 Å². The third-order valence-electron chi connectivity index (χ3n) is 5.86. The fourth-order valence-corrected chi connectivity index (χ4v) is 4.36. The Labute approximate surface area is 172 Å².